The van der Waals surface area contributed by atoms with Gasteiger partial charge in [-0.1, -0.05) is 19.9 Å². The number of amides is 2. The Morgan fingerprint density at radius 3 is 2.32 bits per heavy atom. The van der Waals surface area contributed by atoms with E-state index in [1.54, 1.807) is 17.0 Å². The molecule has 0 saturated carbocycles. The second-order valence-corrected chi connectivity index (χ2v) is 8.66. The van der Waals surface area contributed by atoms with Gasteiger partial charge >= 0.3 is 0 Å². The lowest BCUT2D eigenvalue weighted by Crippen LogP contribution is -2.49. The van der Waals surface area contributed by atoms with Crippen LogP contribution in [0.1, 0.15) is 31.1 Å². The first-order chi connectivity index (χ1) is 13.3. The van der Waals surface area contributed by atoms with Crippen LogP contribution in [0.15, 0.2) is 29.2 Å². The van der Waals surface area contributed by atoms with Gasteiger partial charge in [0.25, 0.3) is 5.91 Å². The third-order valence-corrected chi connectivity index (χ3v) is 6.92. The van der Waals surface area contributed by atoms with Gasteiger partial charge in [-0.25, -0.2) is 8.42 Å². The van der Waals surface area contributed by atoms with Crippen molar-refractivity contribution >= 4 is 21.8 Å². The second-order valence-electron chi connectivity index (χ2n) is 6.72. The van der Waals surface area contributed by atoms with Crippen molar-refractivity contribution in [2.75, 3.05) is 52.4 Å². The highest BCUT2D eigenvalue weighted by atomic mass is 32.2. The van der Waals surface area contributed by atoms with Gasteiger partial charge in [-0.3, -0.25) is 9.59 Å². The number of carbonyl (C=O) groups excluding carboxylic acids is 2. The molecule has 8 nitrogen and oxygen atoms in total. The van der Waals surface area contributed by atoms with Crippen LogP contribution in [0.4, 0.5) is 0 Å². The maximum atomic E-state index is 12.9. The fraction of sp³-hybridized carbons (Fsp3) is 0.579. The topological polar surface area (TPSA) is 90.0 Å². The zero-order chi connectivity index (χ0) is 20.7. The molecular formula is C19H30N4O4S. The monoisotopic (exact) mass is 410 g/mol. The van der Waals surface area contributed by atoms with Crippen molar-refractivity contribution in [3.8, 4) is 0 Å². The highest BCUT2D eigenvalue weighted by molar-refractivity contribution is 7.89. The highest BCUT2D eigenvalue weighted by Crippen LogP contribution is 2.19. The Morgan fingerprint density at radius 2 is 1.75 bits per heavy atom. The minimum absolute atomic E-state index is 0.0552. The van der Waals surface area contributed by atoms with Crippen LogP contribution in [-0.4, -0.2) is 86.7 Å². The van der Waals surface area contributed by atoms with Crippen molar-refractivity contribution in [3.63, 3.8) is 0 Å². The molecule has 1 aliphatic heterocycles. The molecule has 0 bridgehead atoms. The number of nitrogens with one attached hydrogen (secondary N) is 1. The summed E-state index contributed by atoms with van der Waals surface area (Å²) in [6.45, 7) is 9.94. The Morgan fingerprint density at radius 1 is 1.11 bits per heavy atom. The normalized spacial score (nSPS) is 15.6. The van der Waals surface area contributed by atoms with E-state index in [9.17, 15) is 18.0 Å². The summed E-state index contributed by atoms with van der Waals surface area (Å²) in [6, 6.07) is 6.11. The van der Waals surface area contributed by atoms with Gasteiger partial charge in [0, 0.05) is 51.8 Å². The Hall–Kier alpha value is -1.97. The first kappa shape index (κ1) is 22.3. The molecule has 1 saturated heterocycles. The first-order valence-electron chi connectivity index (χ1n) is 9.65. The van der Waals surface area contributed by atoms with E-state index in [0.717, 1.165) is 19.6 Å². The average molecular weight is 411 g/mol. The van der Waals surface area contributed by atoms with Gasteiger partial charge in [0.1, 0.15) is 0 Å². The van der Waals surface area contributed by atoms with Gasteiger partial charge in [-0.15, -0.1) is 0 Å². The van der Waals surface area contributed by atoms with Gasteiger partial charge in [-0.2, -0.15) is 4.31 Å². The SMILES string of the molecule is CCN(CC)CCNC(=O)c1cccc(S(=O)(=O)N2CCN(C(C)=O)CC2)c1. The summed E-state index contributed by atoms with van der Waals surface area (Å²) in [5, 5.41) is 2.84. The van der Waals surface area contributed by atoms with Gasteiger partial charge in [-0.05, 0) is 31.3 Å². The van der Waals surface area contributed by atoms with Gasteiger partial charge in [0.05, 0.1) is 4.90 Å². The van der Waals surface area contributed by atoms with Crippen LogP contribution in [0.2, 0.25) is 0 Å². The fourth-order valence-corrected chi connectivity index (χ4v) is 4.63. The first-order valence-corrected chi connectivity index (χ1v) is 11.1. The minimum Gasteiger partial charge on any atom is -0.351 e. The van der Waals surface area contributed by atoms with Crippen LogP contribution >= 0.6 is 0 Å². The summed E-state index contributed by atoms with van der Waals surface area (Å²) >= 11 is 0. The smallest absolute Gasteiger partial charge is 0.251 e. The number of rotatable bonds is 8. The van der Waals surface area contributed by atoms with Crippen molar-refractivity contribution in [1.82, 2.24) is 19.4 Å². The van der Waals surface area contributed by atoms with E-state index in [2.05, 4.69) is 24.1 Å². The molecule has 1 heterocycles. The van der Waals surface area contributed by atoms with Crippen molar-refractivity contribution in [3.05, 3.63) is 29.8 Å². The molecule has 1 aromatic rings. The molecule has 2 amide bonds. The molecule has 0 aliphatic carbocycles. The highest BCUT2D eigenvalue weighted by Gasteiger charge is 2.29. The largest absolute Gasteiger partial charge is 0.351 e. The van der Waals surface area contributed by atoms with Crippen molar-refractivity contribution < 1.29 is 18.0 Å². The van der Waals surface area contributed by atoms with Crippen LogP contribution in [0.5, 0.6) is 0 Å². The zero-order valence-electron chi connectivity index (χ0n) is 16.8. The van der Waals surface area contributed by atoms with E-state index in [4.69, 9.17) is 0 Å². The van der Waals surface area contributed by atoms with E-state index in [0.29, 0.717) is 25.2 Å². The van der Waals surface area contributed by atoms with Crippen LogP contribution in [0.25, 0.3) is 0 Å². The summed E-state index contributed by atoms with van der Waals surface area (Å²) in [4.78, 5) is 27.7. The Kier molecular flexibility index (Phi) is 7.97. The van der Waals surface area contributed by atoms with E-state index in [1.807, 2.05) is 0 Å². The molecule has 9 heteroatoms. The summed E-state index contributed by atoms with van der Waals surface area (Å²) in [5.74, 6) is -0.342. The van der Waals surface area contributed by atoms with Gasteiger partial charge in [0.2, 0.25) is 15.9 Å². The maximum absolute atomic E-state index is 12.9. The van der Waals surface area contributed by atoms with E-state index in [1.165, 1.54) is 23.4 Å². The number of benzene rings is 1. The summed E-state index contributed by atoms with van der Waals surface area (Å²) < 4.78 is 27.2. The second kappa shape index (κ2) is 9.99. The maximum Gasteiger partial charge on any atom is 0.251 e. The number of hydrogen-bond donors (Lipinski definition) is 1. The molecule has 0 spiro atoms. The molecule has 0 atom stereocenters. The van der Waals surface area contributed by atoms with Gasteiger partial charge in [0.15, 0.2) is 0 Å². The molecule has 0 aromatic heterocycles. The number of carbonyl (C=O) groups is 2. The Balaban J connectivity index is 2.03. The van der Waals surface area contributed by atoms with Crippen molar-refractivity contribution in [2.45, 2.75) is 25.7 Å². The molecule has 2 rings (SSSR count). The molecular weight excluding hydrogens is 380 g/mol. The predicted octanol–water partition coefficient (Wildman–Crippen LogP) is 0.611. The van der Waals surface area contributed by atoms with Crippen LogP contribution in [-0.2, 0) is 14.8 Å². The summed E-state index contributed by atoms with van der Waals surface area (Å²) in [6.07, 6.45) is 0. The number of nitrogens with zero attached hydrogens (tertiary/aromatic N) is 3. The number of hydrogen-bond acceptors (Lipinski definition) is 5. The number of likely N-dealkylation sites (N-methyl/N-ethyl adjacent to an activating group) is 1. The molecule has 1 aliphatic rings. The van der Waals surface area contributed by atoms with E-state index >= 15 is 0 Å². The Bertz CT molecular complexity index is 785. The standard InChI is InChI=1S/C19H30N4O4S/c1-4-21(5-2)10-9-20-19(25)17-7-6-8-18(15-17)28(26,27)23-13-11-22(12-14-23)16(3)24/h6-8,15H,4-5,9-14H2,1-3H3,(H,20,25). The van der Waals surface area contributed by atoms with Crippen LogP contribution in [0, 0.1) is 0 Å². The van der Waals surface area contributed by atoms with Crippen molar-refractivity contribution in [2.24, 2.45) is 0 Å². The average Bonchev–Trinajstić information content (AvgIpc) is 2.71. The lowest BCUT2D eigenvalue weighted by atomic mass is 10.2. The number of piperazine rings is 1. The molecule has 0 unspecified atom stereocenters. The third kappa shape index (κ3) is 5.52. The number of sulfonamides is 1. The van der Waals surface area contributed by atoms with E-state index in [-0.39, 0.29) is 29.8 Å². The molecule has 1 fully saturated rings. The van der Waals surface area contributed by atoms with Gasteiger partial charge < -0.3 is 15.1 Å². The van der Waals surface area contributed by atoms with E-state index < -0.39 is 10.0 Å². The predicted molar refractivity (Wildman–Crippen MR) is 108 cm³/mol. The molecule has 28 heavy (non-hydrogen) atoms. The third-order valence-electron chi connectivity index (χ3n) is 5.03. The van der Waals surface area contributed by atoms with Crippen molar-refractivity contribution in [1.29, 1.82) is 0 Å². The lowest BCUT2D eigenvalue weighted by Gasteiger charge is -2.33. The minimum atomic E-state index is -3.70. The fourth-order valence-electron chi connectivity index (χ4n) is 3.16. The van der Waals surface area contributed by atoms with Crippen LogP contribution < -0.4 is 5.32 Å². The molecule has 0 radical (unpaired) electrons. The summed E-state index contributed by atoms with van der Waals surface area (Å²) in [7, 11) is -3.70. The van der Waals surface area contributed by atoms with Crippen LogP contribution in [0.3, 0.4) is 0 Å². The zero-order valence-corrected chi connectivity index (χ0v) is 17.7. The lowest BCUT2D eigenvalue weighted by molar-refractivity contribution is -0.129. The quantitative estimate of drug-likeness (QED) is 0.678. The summed E-state index contributed by atoms with van der Waals surface area (Å²) in [5.41, 5.74) is 0.322. The molecule has 1 N–H and O–H groups in total. The molecule has 156 valence electrons. The Labute approximate surface area is 167 Å². The molecule has 1 aromatic carbocycles.